The lowest BCUT2D eigenvalue weighted by Crippen LogP contribution is -2.35. The lowest BCUT2D eigenvalue weighted by molar-refractivity contribution is -0.131. The number of aliphatic carboxylic acids is 1. The van der Waals surface area contributed by atoms with Crippen molar-refractivity contribution in [2.45, 2.75) is 33.2 Å². The fourth-order valence-electron chi connectivity index (χ4n) is 2.15. The van der Waals surface area contributed by atoms with Crippen LogP contribution in [0.1, 0.15) is 43.1 Å². The van der Waals surface area contributed by atoms with Crippen molar-refractivity contribution in [3.05, 3.63) is 41.5 Å². The Bertz CT molecular complexity index is 517. The van der Waals surface area contributed by atoms with Gasteiger partial charge in [0.25, 0.3) is 5.91 Å². The van der Waals surface area contributed by atoms with E-state index in [9.17, 15) is 9.59 Å². The summed E-state index contributed by atoms with van der Waals surface area (Å²) in [6.07, 6.45) is 3.54. The molecule has 4 heteroatoms. The second kappa shape index (κ2) is 7.62. The molecule has 1 aromatic carbocycles. The summed E-state index contributed by atoms with van der Waals surface area (Å²) in [5.74, 6) is -0.465. The summed E-state index contributed by atoms with van der Waals surface area (Å²) in [6.45, 7) is 6.32. The van der Waals surface area contributed by atoms with Crippen LogP contribution in [0.2, 0.25) is 0 Å². The Morgan fingerprint density at radius 1 is 1.19 bits per heavy atom. The van der Waals surface area contributed by atoms with E-state index in [0.717, 1.165) is 18.1 Å². The van der Waals surface area contributed by atoms with E-state index in [1.54, 1.807) is 29.2 Å². The number of carboxylic acids is 1. The van der Waals surface area contributed by atoms with Crippen LogP contribution in [0, 0.1) is 5.92 Å². The monoisotopic (exact) mass is 289 g/mol. The number of nitrogens with zero attached hydrogens (tertiary/aromatic N) is 1. The first-order chi connectivity index (χ1) is 9.81. The van der Waals surface area contributed by atoms with E-state index in [1.165, 1.54) is 6.08 Å². The summed E-state index contributed by atoms with van der Waals surface area (Å²) < 4.78 is 0. The zero-order valence-electron chi connectivity index (χ0n) is 13.0. The van der Waals surface area contributed by atoms with Gasteiger partial charge in [0.2, 0.25) is 0 Å². The van der Waals surface area contributed by atoms with Crippen molar-refractivity contribution in [3.8, 4) is 0 Å². The molecule has 0 saturated carbocycles. The molecule has 1 atom stereocenters. The molecule has 0 bridgehead atoms. The lowest BCUT2D eigenvalue weighted by Gasteiger charge is -2.26. The van der Waals surface area contributed by atoms with Gasteiger partial charge in [-0.1, -0.05) is 26.0 Å². The summed E-state index contributed by atoms with van der Waals surface area (Å²) in [6, 6.07) is 7.12. The van der Waals surface area contributed by atoms with E-state index in [0.29, 0.717) is 11.5 Å². The van der Waals surface area contributed by atoms with Crippen LogP contribution in [0.5, 0.6) is 0 Å². The Kier molecular flexibility index (Phi) is 6.15. The van der Waals surface area contributed by atoms with Gasteiger partial charge < -0.3 is 10.0 Å². The van der Waals surface area contributed by atoms with E-state index in [4.69, 9.17) is 5.11 Å². The topological polar surface area (TPSA) is 57.6 Å². The molecular weight excluding hydrogens is 266 g/mol. The molecule has 1 amide bonds. The maximum Gasteiger partial charge on any atom is 0.328 e. The van der Waals surface area contributed by atoms with Gasteiger partial charge in [0.15, 0.2) is 0 Å². The van der Waals surface area contributed by atoms with Gasteiger partial charge in [-0.25, -0.2) is 4.79 Å². The number of hydrogen-bond acceptors (Lipinski definition) is 2. The highest BCUT2D eigenvalue weighted by atomic mass is 16.4. The zero-order valence-corrected chi connectivity index (χ0v) is 13.0. The summed E-state index contributed by atoms with van der Waals surface area (Å²) in [5, 5.41) is 8.58. The van der Waals surface area contributed by atoms with Crippen molar-refractivity contribution in [3.63, 3.8) is 0 Å². The molecule has 21 heavy (non-hydrogen) atoms. The highest BCUT2D eigenvalue weighted by Crippen LogP contribution is 2.14. The molecule has 0 heterocycles. The number of carboxylic acid groups (broad SMARTS) is 1. The van der Waals surface area contributed by atoms with Crippen LogP contribution in [0.4, 0.5) is 0 Å². The molecular formula is C17H23NO3. The molecule has 0 saturated heterocycles. The van der Waals surface area contributed by atoms with Crippen LogP contribution in [0.25, 0.3) is 6.08 Å². The molecule has 0 spiro atoms. The minimum Gasteiger partial charge on any atom is -0.478 e. The third-order valence-corrected chi connectivity index (χ3v) is 3.37. The van der Waals surface area contributed by atoms with E-state index >= 15 is 0 Å². The summed E-state index contributed by atoms with van der Waals surface area (Å²) in [4.78, 5) is 24.6. The molecule has 0 fully saturated rings. The maximum atomic E-state index is 12.4. The summed E-state index contributed by atoms with van der Waals surface area (Å²) >= 11 is 0. The molecule has 1 rings (SSSR count). The van der Waals surface area contributed by atoms with Gasteiger partial charge in [0.05, 0.1) is 0 Å². The maximum absolute atomic E-state index is 12.4. The molecule has 114 valence electrons. The smallest absolute Gasteiger partial charge is 0.328 e. The van der Waals surface area contributed by atoms with Crippen molar-refractivity contribution in [2.75, 3.05) is 7.05 Å². The van der Waals surface area contributed by atoms with Crippen LogP contribution in [-0.4, -0.2) is 35.0 Å². The van der Waals surface area contributed by atoms with Crippen molar-refractivity contribution >= 4 is 18.0 Å². The van der Waals surface area contributed by atoms with E-state index in [1.807, 2.05) is 14.0 Å². The first-order valence-electron chi connectivity index (χ1n) is 7.09. The summed E-state index contributed by atoms with van der Waals surface area (Å²) in [7, 11) is 1.81. The average Bonchev–Trinajstić information content (AvgIpc) is 2.43. The Hall–Kier alpha value is -2.10. The van der Waals surface area contributed by atoms with Crippen LogP contribution in [0.3, 0.4) is 0 Å². The third kappa shape index (κ3) is 5.42. The van der Waals surface area contributed by atoms with Gasteiger partial charge in [0.1, 0.15) is 0 Å². The minimum absolute atomic E-state index is 0.0167. The molecule has 0 aromatic heterocycles. The van der Waals surface area contributed by atoms with Gasteiger partial charge in [-0.3, -0.25) is 4.79 Å². The van der Waals surface area contributed by atoms with Crippen molar-refractivity contribution in [1.29, 1.82) is 0 Å². The van der Waals surface area contributed by atoms with Gasteiger partial charge in [-0.05, 0) is 43.0 Å². The number of carbonyl (C=O) groups excluding carboxylic acids is 1. The van der Waals surface area contributed by atoms with Gasteiger partial charge in [-0.2, -0.15) is 0 Å². The largest absolute Gasteiger partial charge is 0.478 e. The van der Waals surface area contributed by atoms with E-state index in [-0.39, 0.29) is 11.9 Å². The number of rotatable bonds is 6. The standard InChI is InChI=1S/C17H23NO3/c1-12(2)11-13(3)18(4)17(21)15-8-5-14(6-9-15)7-10-16(19)20/h5-10,12-13H,11H2,1-4H3,(H,19,20). The molecule has 1 aromatic rings. The van der Waals surface area contributed by atoms with E-state index < -0.39 is 5.97 Å². The number of hydrogen-bond donors (Lipinski definition) is 1. The number of benzene rings is 1. The first-order valence-corrected chi connectivity index (χ1v) is 7.09. The predicted molar refractivity (Wildman–Crippen MR) is 84.1 cm³/mol. The van der Waals surface area contributed by atoms with Gasteiger partial charge in [0, 0.05) is 24.7 Å². The second-order valence-corrected chi connectivity index (χ2v) is 5.69. The fraction of sp³-hybridized carbons (Fsp3) is 0.412. The Morgan fingerprint density at radius 3 is 2.24 bits per heavy atom. The quantitative estimate of drug-likeness (QED) is 0.817. The Labute approximate surface area is 126 Å². The van der Waals surface area contributed by atoms with Crippen molar-refractivity contribution in [1.82, 2.24) is 4.90 Å². The highest BCUT2D eigenvalue weighted by Gasteiger charge is 2.18. The first kappa shape index (κ1) is 17.0. The van der Waals surface area contributed by atoms with Crippen LogP contribution >= 0.6 is 0 Å². The molecule has 4 nitrogen and oxygen atoms in total. The molecule has 1 N–H and O–H groups in total. The van der Waals surface area contributed by atoms with Crippen molar-refractivity contribution in [2.24, 2.45) is 5.92 Å². The summed E-state index contributed by atoms with van der Waals surface area (Å²) in [5.41, 5.74) is 1.37. The lowest BCUT2D eigenvalue weighted by atomic mass is 10.0. The van der Waals surface area contributed by atoms with Crippen LogP contribution in [-0.2, 0) is 4.79 Å². The second-order valence-electron chi connectivity index (χ2n) is 5.69. The van der Waals surface area contributed by atoms with E-state index in [2.05, 4.69) is 13.8 Å². The van der Waals surface area contributed by atoms with Crippen LogP contribution < -0.4 is 0 Å². The SMILES string of the molecule is CC(C)CC(C)N(C)C(=O)c1ccc(C=CC(=O)O)cc1. The Morgan fingerprint density at radius 2 is 1.76 bits per heavy atom. The molecule has 0 aliphatic carbocycles. The molecule has 0 aliphatic heterocycles. The number of amides is 1. The van der Waals surface area contributed by atoms with Crippen molar-refractivity contribution < 1.29 is 14.7 Å². The fourth-order valence-corrected chi connectivity index (χ4v) is 2.15. The number of carbonyl (C=O) groups is 2. The highest BCUT2D eigenvalue weighted by molar-refractivity contribution is 5.94. The van der Waals surface area contributed by atoms with Crippen LogP contribution in [0.15, 0.2) is 30.3 Å². The molecule has 1 unspecified atom stereocenters. The van der Waals surface area contributed by atoms with Gasteiger partial charge in [-0.15, -0.1) is 0 Å². The normalized spacial score (nSPS) is 12.6. The molecule has 0 radical (unpaired) electrons. The molecule has 0 aliphatic rings. The predicted octanol–water partition coefficient (Wildman–Crippen LogP) is 3.29. The average molecular weight is 289 g/mol. The third-order valence-electron chi connectivity index (χ3n) is 3.37. The zero-order chi connectivity index (χ0) is 16.0. The minimum atomic E-state index is -0.989. The van der Waals surface area contributed by atoms with Gasteiger partial charge >= 0.3 is 5.97 Å². The Balaban J connectivity index is 2.77.